The second-order valence-corrected chi connectivity index (χ2v) is 7.17. The van der Waals surface area contributed by atoms with Crippen LogP contribution in [0.15, 0.2) is 36.5 Å². The van der Waals surface area contributed by atoms with Gasteiger partial charge < -0.3 is 4.90 Å². The third-order valence-electron chi connectivity index (χ3n) is 4.88. The van der Waals surface area contributed by atoms with E-state index in [1.165, 1.54) is 51.4 Å². The fourth-order valence-electron chi connectivity index (χ4n) is 3.09. The Bertz CT molecular complexity index is 839. The van der Waals surface area contributed by atoms with Crippen LogP contribution in [0.25, 0.3) is 11.1 Å². The lowest BCUT2D eigenvalue weighted by atomic mass is 10.1. The van der Waals surface area contributed by atoms with E-state index >= 15 is 0 Å². The smallest absolute Gasteiger partial charge is 0.136 e. The van der Waals surface area contributed by atoms with Crippen LogP contribution in [-0.4, -0.2) is 18.0 Å². The van der Waals surface area contributed by atoms with Crippen molar-refractivity contribution in [2.24, 2.45) is 0 Å². The van der Waals surface area contributed by atoms with Crippen molar-refractivity contribution in [3.63, 3.8) is 0 Å². The predicted molar refractivity (Wildman–Crippen MR) is 118 cm³/mol. The van der Waals surface area contributed by atoms with Gasteiger partial charge in [0.2, 0.25) is 0 Å². The number of nitrogens with zero attached hydrogens (tertiary/aromatic N) is 4. The van der Waals surface area contributed by atoms with Crippen molar-refractivity contribution in [1.82, 2.24) is 4.90 Å². The maximum absolute atomic E-state index is 9.59. The summed E-state index contributed by atoms with van der Waals surface area (Å²) < 4.78 is 0. The lowest BCUT2D eigenvalue weighted by Crippen LogP contribution is -2.20. The highest BCUT2D eigenvalue weighted by Crippen LogP contribution is 2.07. The van der Waals surface area contributed by atoms with Crippen LogP contribution in [0.2, 0.25) is 0 Å². The first-order chi connectivity index (χ1) is 14.2. The van der Waals surface area contributed by atoms with Crippen LogP contribution < -0.4 is 10.4 Å². The molecule has 1 aromatic carbocycles. The number of unbranched alkanes of at least 4 members (excludes halogenated alkanes) is 6. The van der Waals surface area contributed by atoms with Crippen molar-refractivity contribution < 1.29 is 0 Å². The number of hydrogen-bond acceptors (Lipinski definition) is 4. The molecule has 0 bridgehead atoms. The van der Waals surface area contributed by atoms with Gasteiger partial charge in [0.15, 0.2) is 0 Å². The fourth-order valence-corrected chi connectivity index (χ4v) is 3.09. The first kappa shape index (κ1) is 24.0. The van der Waals surface area contributed by atoms with Crippen LogP contribution in [0, 0.1) is 34.0 Å². The van der Waals surface area contributed by atoms with Crippen molar-refractivity contribution in [3.8, 4) is 18.2 Å². The van der Waals surface area contributed by atoms with E-state index in [-0.39, 0.29) is 5.57 Å². The Labute approximate surface area is 175 Å². The number of hydrogen-bond donors (Lipinski definition) is 0. The number of allylic oxidation sites excluding steroid dienone is 1. The molecule has 0 radical (unpaired) electrons. The Hall–Kier alpha value is -3.03. The molecule has 1 rings (SSSR count). The molecule has 0 N–H and O–H groups in total. The molecule has 0 saturated heterocycles. The quantitative estimate of drug-likeness (QED) is 0.493. The predicted octanol–water partition coefficient (Wildman–Crippen LogP) is 4.54. The molecule has 0 unspecified atom stereocenters. The van der Waals surface area contributed by atoms with Gasteiger partial charge in [0.05, 0.1) is 11.6 Å². The zero-order chi connectivity index (χ0) is 21.3. The van der Waals surface area contributed by atoms with E-state index in [2.05, 4.69) is 24.8 Å². The summed E-state index contributed by atoms with van der Waals surface area (Å²) in [5.41, 5.74) is 0.662. The fraction of sp³-hybridized carbons (Fsp3) is 0.480. The third kappa shape index (κ3) is 9.14. The minimum Gasteiger partial charge on any atom is -0.377 e. The van der Waals surface area contributed by atoms with Crippen LogP contribution in [-0.2, 0) is 0 Å². The van der Waals surface area contributed by atoms with Gasteiger partial charge in [-0.2, -0.15) is 15.8 Å². The molecule has 0 aliphatic heterocycles. The molecule has 0 spiro atoms. The van der Waals surface area contributed by atoms with Gasteiger partial charge in [-0.15, -0.1) is 0 Å². The van der Waals surface area contributed by atoms with Gasteiger partial charge in [0.1, 0.15) is 17.7 Å². The highest BCUT2D eigenvalue weighted by molar-refractivity contribution is 5.73. The highest BCUT2D eigenvalue weighted by Gasteiger charge is 2.01. The Kier molecular flexibility index (Phi) is 12.4. The van der Waals surface area contributed by atoms with E-state index in [0.29, 0.717) is 10.8 Å². The van der Waals surface area contributed by atoms with Crippen molar-refractivity contribution in [1.29, 1.82) is 15.8 Å². The highest BCUT2D eigenvalue weighted by atomic mass is 15.1. The van der Waals surface area contributed by atoms with Gasteiger partial charge in [0, 0.05) is 24.5 Å². The Balaban J connectivity index is 2.99. The first-order valence-electron chi connectivity index (χ1n) is 10.7. The molecule has 0 amide bonds. The van der Waals surface area contributed by atoms with Crippen LogP contribution in [0.3, 0.4) is 0 Å². The Morgan fingerprint density at radius 1 is 0.759 bits per heavy atom. The van der Waals surface area contributed by atoms with Crippen molar-refractivity contribution >= 4 is 11.1 Å². The molecule has 0 fully saturated rings. The van der Waals surface area contributed by atoms with E-state index in [1.54, 1.807) is 24.3 Å². The number of rotatable bonds is 12. The van der Waals surface area contributed by atoms with Crippen molar-refractivity contribution in [2.75, 3.05) is 13.1 Å². The SMILES string of the molecule is CCCCCCN(/C=C/C(C#N)=c1ccc(=C(C#N)C#N)cc1)CCCCCC. The van der Waals surface area contributed by atoms with Crippen LogP contribution in [0.5, 0.6) is 0 Å². The number of nitriles is 3. The molecular weight excluding hydrogens is 356 g/mol. The Morgan fingerprint density at radius 2 is 1.28 bits per heavy atom. The van der Waals surface area contributed by atoms with E-state index in [9.17, 15) is 5.26 Å². The first-order valence-corrected chi connectivity index (χ1v) is 10.7. The summed E-state index contributed by atoms with van der Waals surface area (Å²) in [5, 5.41) is 28.9. The molecule has 1 aromatic rings. The molecular formula is C25H32N4. The minimum absolute atomic E-state index is 0.0796. The molecule has 0 aliphatic carbocycles. The molecule has 29 heavy (non-hydrogen) atoms. The van der Waals surface area contributed by atoms with Crippen LogP contribution in [0.4, 0.5) is 0 Å². The number of benzene rings is 1. The largest absolute Gasteiger partial charge is 0.377 e. The van der Waals surface area contributed by atoms with Gasteiger partial charge >= 0.3 is 0 Å². The van der Waals surface area contributed by atoms with Gasteiger partial charge in [0.25, 0.3) is 0 Å². The Morgan fingerprint density at radius 3 is 1.72 bits per heavy atom. The maximum Gasteiger partial charge on any atom is 0.136 e. The molecule has 4 heteroatoms. The average molecular weight is 389 g/mol. The zero-order valence-corrected chi connectivity index (χ0v) is 17.8. The van der Waals surface area contributed by atoms with E-state index in [0.717, 1.165) is 18.3 Å². The summed E-state index contributed by atoms with van der Waals surface area (Å²) in [6.07, 6.45) is 13.7. The monoisotopic (exact) mass is 388 g/mol. The van der Waals surface area contributed by atoms with E-state index < -0.39 is 0 Å². The van der Waals surface area contributed by atoms with Gasteiger partial charge in [-0.05, 0) is 24.1 Å². The molecule has 152 valence electrons. The topological polar surface area (TPSA) is 74.6 Å². The van der Waals surface area contributed by atoms with Gasteiger partial charge in [-0.1, -0.05) is 76.6 Å². The summed E-state index contributed by atoms with van der Waals surface area (Å²) in [7, 11) is 0. The molecule has 0 aromatic heterocycles. The summed E-state index contributed by atoms with van der Waals surface area (Å²) in [6.45, 7) is 6.47. The van der Waals surface area contributed by atoms with E-state index in [4.69, 9.17) is 10.5 Å². The molecule has 0 atom stereocenters. The van der Waals surface area contributed by atoms with Gasteiger partial charge in [-0.25, -0.2) is 0 Å². The van der Waals surface area contributed by atoms with E-state index in [1.807, 2.05) is 24.4 Å². The summed E-state index contributed by atoms with van der Waals surface area (Å²) >= 11 is 0. The third-order valence-corrected chi connectivity index (χ3v) is 4.88. The lowest BCUT2D eigenvalue weighted by Gasteiger charge is -2.20. The van der Waals surface area contributed by atoms with Crippen LogP contribution >= 0.6 is 0 Å². The summed E-state index contributed by atoms with van der Waals surface area (Å²) in [5.74, 6) is 0. The minimum atomic E-state index is 0.0796. The molecule has 0 heterocycles. The second-order valence-electron chi connectivity index (χ2n) is 7.17. The summed E-state index contributed by atoms with van der Waals surface area (Å²) in [6, 6.07) is 13.1. The van der Waals surface area contributed by atoms with Crippen molar-refractivity contribution in [3.05, 3.63) is 47.0 Å². The maximum atomic E-state index is 9.59. The zero-order valence-electron chi connectivity index (χ0n) is 17.8. The lowest BCUT2D eigenvalue weighted by molar-refractivity contribution is 0.351. The summed E-state index contributed by atoms with van der Waals surface area (Å²) in [4.78, 5) is 2.33. The standard InChI is InChI=1S/C25H32N4/c1-3-5-7-9-16-29(17-10-8-6-4-2)18-15-24(19-26)22-11-13-23(14-12-22)25(20-27)21-28/h11-15,18H,3-10,16-17H2,1-2H3/b18-15+. The van der Waals surface area contributed by atoms with Crippen LogP contribution in [0.1, 0.15) is 65.2 Å². The molecule has 0 saturated carbocycles. The van der Waals surface area contributed by atoms with Gasteiger partial charge in [-0.3, -0.25) is 0 Å². The molecule has 4 nitrogen and oxygen atoms in total. The normalized spacial score (nSPS) is 10.2. The average Bonchev–Trinajstić information content (AvgIpc) is 2.75. The second kappa shape index (κ2) is 15.0. The molecule has 0 aliphatic rings. The van der Waals surface area contributed by atoms with Crippen molar-refractivity contribution in [2.45, 2.75) is 65.2 Å².